The molecule has 1 fully saturated rings. The van der Waals surface area contributed by atoms with Crippen LogP contribution in [0.4, 0.5) is 17.1 Å². The second-order valence-electron chi connectivity index (χ2n) is 6.44. The highest BCUT2D eigenvalue weighted by Crippen LogP contribution is 2.28. The third-order valence-corrected chi connectivity index (χ3v) is 4.67. The molecule has 1 aliphatic rings. The molecule has 2 aromatic rings. The van der Waals surface area contributed by atoms with E-state index >= 15 is 0 Å². The van der Waals surface area contributed by atoms with E-state index in [-0.39, 0.29) is 17.3 Å². The molecule has 3 rings (SSSR count). The lowest BCUT2D eigenvalue weighted by molar-refractivity contribution is -0.892. The van der Waals surface area contributed by atoms with Gasteiger partial charge in [-0.1, -0.05) is 18.2 Å². The zero-order valence-electron chi connectivity index (χ0n) is 15.2. The number of nitro groups is 1. The van der Waals surface area contributed by atoms with E-state index in [9.17, 15) is 14.9 Å². The van der Waals surface area contributed by atoms with Crippen LogP contribution in [0.25, 0.3) is 0 Å². The van der Waals surface area contributed by atoms with E-state index in [1.54, 1.807) is 0 Å². The van der Waals surface area contributed by atoms with Crippen LogP contribution in [0.5, 0.6) is 5.75 Å². The summed E-state index contributed by atoms with van der Waals surface area (Å²) in [6, 6.07) is 14.4. The summed E-state index contributed by atoms with van der Waals surface area (Å²) in [5.74, 6) is 0.145. The molecule has 0 atom stereocenters. The summed E-state index contributed by atoms with van der Waals surface area (Å²) in [4.78, 5) is 26.3. The van der Waals surface area contributed by atoms with Gasteiger partial charge >= 0.3 is 0 Å². The van der Waals surface area contributed by atoms with Gasteiger partial charge in [-0.05, 0) is 18.2 Å². The van der Waals surface area contributed by atoms with Gasteiger partial charge in [-0.2, -0.15) is 0 Å². The Kier molecular flexibility index (Phi) is 5.87. The highest BCUT2D eigenvalue weighted by molar-refractivity contribution is 5.93. The standard InChI is InChI=1S/C19H22N4O4/c1-27-18-13-16(23(25)26)7-8-17(18)20-19(24)14-21-9-11-22(12-10-21)15-5-3-2-4-6-15/h2-8,13H,9-12,14H2,1H3,(H,20,24)/p+1. The highest BCUT2D eigenvalue weighted by Gasteiger charge is 2.23. The molecule has 0 unspecified atom stereocenters. The van der Waals surface area contributed by atoms with E-state index in [2.05, 4.69) is 22.3 Å². The molecular weight excluding hydrogens is 348 g/mol. The summed E-state index contributed by atoms with van der Waals surface area (Å²) in [6.07, 6.45) is 0. The number of nitrogens with zero attached hydrogens (tertiary/aromatic N) is 2. The molecule has 27 heavy (non-hydrogen) atoms. The van der Waals surface area contributed by atoms with Crippen molar-refractivity contribution < 1.29 is 19.4 Å². The number of ether oxygens (including phenoxy) is 1. The predicted molar refractivity (Wildman–Crippen MR) is 102 cm³/mol. The number of para-hydroxylation sites is 1. The Morgan fingerprint density at radius 3 is 2.56 bits per heavy atom. The largest absolute Gasteiger partial charge is 0.494 e. The molecule has 2 aromatic carbocycles. The second-order valence-corrected chi connectivity index (χ2v) is 6.44. The van der Waals surface area contributed by atoms with Crippen molar-refractivity contribution in [3.05, 3.63) is 58.6 Å². The Bertz CT molecular complexity index is 805. The molecular formula is C19H23N4O4+. The number of methoxy groups -OCH3 is 1. The third kappa shape index (κ3) is 4.73. The first-order valence-corrected chi connectivity index (χ1v) is 8.82. The van der Waals surface area contributed by atoms with Crippen molar-refractivity contribution in [3.8, 4) is 5.75 Å². The van der Waals surface area contributed by atoms with E-state index in [0.29, 0.717) is 12.2 Å². The first-order valence-electron chi connectivity index (χ1n) is 8.82. The van der Waals surface area contributed by atoms with Gasteiger partial charge in [0.1, 0.15) is 5.75 Å². The molecule has 0 radical (unpaired) electrons. The van der Waals surface area contributed by atoms with Gasteiger partial charge in [0.15, 0.2) is 6.54 Å². The summed E-state index contributed by atoms with van der Waals surface area (Å²) in [6.45, 7) is 3.89. The number of anilines is 2. The number of hydrogen-bond acceptors (Lipinski definition) is 5. The van der Waals surface area contributed by atoms with Crippen molar-refractivity contribution in [1.82, 2.24) is 0 Å². The number of benzene rings is 2. The van der Waals surface area contributed by atoms with Crippen LogP contribution in [0.1, 0.15) is 0 Å². The molecule has 1 saturated heterocycles. The van der Waals surface area contributed by atoms with E-state index in [1.165, 1.54) is 35.9 Å². The van der Waals surface area contributed by atoms with Crippen LogP contribution in [0.2, 0.25) is 0 Å². The number of nitrogens with one attached hydrogen (secondary N) is 2. The molecule has 1 aliphatic heterocycles. The number of quaternary nitrogens is 1. The van der Waals surface area contributed by atoms with Crippen LogP contribution in [-0.2, 0) is 4.79 Å². The van der Waals surface area contributed by atoms with Crippen molar-refractivity contribution >= 4 is 23.0 Å². The molecule has 8 heteroatoms. The second kappa shape index (κ2) is 8.50. The van der Waals surface area contributed by atoms with Gasteiger partial charge in [0.25, 0.3) is 11.6 Å². The van der Waals surface area contributed by atoms with Gasteiger partial charge in [0.05, 0.1) is 50.0 Å². The quantitative estimate of drug-likeness (QED) is 0.583. The van der Waals surface area contributed by atoms with Gasteiger partial charge in [-0.3, -0.25) is 14.9 Å². The van der Waals surface area contributed by atoms with Crippen LogP contribution in [0.15, 0.2) is 48.5 Å². The lowest BCUT2D eigenvalue weighted by Gasteiger charge is -2.33. The summed E-state index contributed by atoms with van der Waals surface area (Å²) in [5, 5.41) is 13.6. The van der Waals surface area contributed by atoms with Crippen molar-refractivity contribution in [2.24, 2.45) is 0 Å². The molecule has 0 saturated carbocycles. The van der Waals surface area contributed by atoms with Crippen LogP contribution in [0.3, 0.4) is 0 Å². The monoisotopic (exact) mass is 371 g/mol. The lowest BCUT2D eigenvalue weighted by Crippen LogP contribution is -3.15. The minimum Gasteiger partial charge on any atom is -0.494 e. The smallest absolute Gasteiger partial charge is 0.279 e. The molecule has 142 valence electrons. The lowest BCUT2D eigenvalue weighted by atomic mass is 10.2. The third-order valence-electron chi connectivity index (χ3n) is 4.67. The minimum absolute atomic E-state index is 0.0764. The Balaban J connectivity index is 1.54. The first-order chi connectivity index (χ1) is 13.1. The SMILES string of the molecule is COc1cc([N+](=O)[O-])ccc1NC(=O)C[NH+]1CCN(c2ccccc2)CC1. The molecule has 0 aromatic heterocycles. The Morgan fingerprint density at radius 2 is 1.93 bits per heavy atom. The highest BCUT2D eigenvalue weighted by atomic mass is 16.6. The molecule has 0 aliphatic carbocycles. The zero-order chi connectivity index (χ0) is 19.2. The predicted octanol–water partition coefficient (Wildman–Crippen LogP) is 0.947. The topological polar surface area (TPSA) is 89.1 Å². The number of carbonyl (C=O) groups excluding carboxylic acids is 1. The fourth-order valence-electron chi connectivity index (χ4n) is 3.21. The molecule has 0 spiro atoms. The molecule has 0 bridgehead atoms. The molecule has 1 heterocycles. The van der Waals surface area contributed by atoms with Crippen LogP contribution in [0, 0.1) is 10.1 Å². The molecule has 1 amide bonds. The van der Waals surface area contributed by atoms with Crippen LogP contribution >= 0.6 is 0 Å². The van der Waals surface area contributed by atoms with Crippen molar-refractivity contribution in [2.45, 2.75) is 0 Å². The van der Waals surface area contributed by atoms with Gasteiger partial charge in [0, 0.05) is 11.8 Å². The summed E-state index contributed by atoms with van der Waals surface area (Å²) < 4.78 is 5.16. The van der Waals surface area contributed by atoms with Gasteiger partial charge in [0.2, 0.25) is 0 Å². The summed E-state index contributed by atoms with van der Waals surface area (Å²) in [5.41, 5.74) is 1.57. The van der Waals surface area contributed by atoms with Crippen molar-refractivity contribution in [3.63, 3.8) is 0 Å². The number of piperazine rings is 1. The van der Waals surface area contributed by atoms with Crippen molar-refractivity contribution in [1.29, 1.82) is 0 Å². The number of hydrogen-bond donors (Lipinski definition) is 2. The maximum atomic E-state index is 12.4. The van der Waals surface area contributed by atoms with E-state index in [4.69, 9.17) is 4.74 Å². The average molecular weight is 371 g/mol. The van der Waals surface area contributed by atoms with Crippen LogP contribution in [-0.4, -0.2) is 50.7 Å². The zero-order valence-corrected chi connectivity index (χ0v) is 15.2. The maximum Gasteiger partial charge on any atom is 0.279 e. The van der Waals surface area contributed by atoms with Crippen LogP contribution < -0.4 is 19.9 Å². The van der Waals surface area contributed by atoms with E-state index < -0.39 is 4.92 Å². The number of nitro benzene ring substituents is 1. The van der Waals surface area contributed by atoms with Gasteiger partial charge in [-0.15, -0.1) is 0 Å². The molecule has 2 N–H and O–H groups in total. The summed E-state index contributed by atoms with van der Waals surface area (Å²) >= 11 is 0. The number of amides is 1. The van der Waals surface area contributed by atoms with Gasteiger partial charge < -0.3 is 19.9 Å². The van der Waals surface area contributed by atoms with Gasteiger partial charge in [-0.25, -0.2) is 0 Å². The Labute approximate surface area is 157 Å². The first kappa shape index (κ1) is 18.7. The Hall–Kier alpha value is -3.13. The van der Waals surface area contributed by atoms with E-state index in [0.717, 1.165) is 26.2 Å². The number of rotatable bonds is 6. The number of carbonyl (C=O) groups is 1. The maximum absolute atomic E-state index is 12.4. The minimum atomic E-state index is -0.496. The normalized spacial score (nSPS) is 14.6. The average Bonchev–Trinajstić information content (AvgIpc) is 2.69. The van der Waals surface area contributed by atoms with E-state index in [1.807, 2.05) is 18.2 Å². The fourth-order valence-corrected chi connectivity index (χ4v) is 3.21. The number of non-ortho nitro benzene ring substituents is 1. The molecule has 8 nitrogen and oxygen atoms in total. The van der Waals surface area contributed by atoms with Crippen molar-refractivity contribution in [2.75, 3.05) is 50.1 Å². The summed E-state index contributed by atoms with van der Waals surface area (Å²) in [7, 11) is 1.42. The Morgan fingerprint density at radius 1 is 1.22 bits per heavy atom. The fraction of sp³-hybridized carbons (Fsp3) is 0.316.